The molecule has 4 rings (SSSR count). The van der Waals surface area contributed by atoms with E-state index in [-0.39, 0.29) is 23.3 Å². The van der Waals surface area contributed by atoms with E-state index in [2.05, 4.69) is 11.4 Å². The summed E-state index contributed by atoms with van der Waals surface area (Å²) in [6.07, 6.45) is 1.69. The fourth-order valence-electron chi connectivity index (χ4n) is 4.03. The maximum Gasteiger partial charge on any atom is 0.224 e. The fraction of sp³-hybridized carbons (Fsp3) is 0.381. The molecule has 2 aliphatic rings. The molecule has 1 aliphatic heterocycles. The van der Waals surface area contributed by atoms with Gasteiger partial charge in [-0.2, -0.15) is 0 Å². The number of amides is 1. The highest BCUT2D eigenvalue weighted by Gasteiger charge is 2.60. The van der Waals surface area contributed by atoms with Gasteiger partial charge in [-0.3, -0.25) is 4.79 Å². The number of carbonyl (C=O) groups is 1. The molecule has 2 aromatic carbocycles. The van der Waals surface area contributed by atoms with Crippen molar-refractivity contribution >= 4 is 5.91 Å². The van der Waals surface area contributed by atoms with Gasteiger partial charge in [0.25, 0.3) is 0 Å². The molecule has 0 radical (unpaired) electrons. The van der Waals surface area contributed by atoms with E-state index in [1.54, 1.807) is 7.11 Å². The summed E-state index contributed by atoms with van der Waals surface area (Å²) in [4.78, 5) is 12.7. The monoisotopic (exact) mass is 337 g/mol. The van der Waals surface area contributed by atoms with Crippen LogP contribution in [-0.2, 0) is 14.9 Å². The first-order chi connectivity index (χ1) is 12.2. The van der Waals surface area contributed by atoms with Crippen LogP contribution in [0, 0.1) is 5.92 Å². The molecule has 1 N–H and O–H groups in total. The topological polar surface area (TPSA) is 47.6 Å². The van der Waals surface area contributed by atoms with E-state index in [1.165, 1.54) is 5.56 Å². The minimum absolute atomic E-state index is 0.0332. The van der Waals surface area contributed by atoms with Gasteiger partial charge in [-0.25, -0.2) is 0 Å². The Morgan fingerprint density at radius 1 is 1.24 bits per heavy atom. The van der Waals surface area contributed by atoms with Crippen molar-refractivity contribution in [1.82, 2.24) is 5.32 Å². The molecule has 0 saturated heterocycles. The molecule has 130 valence electrons. The number of nitrogens with one attached hydrogen (secondary N) is 1. The summed E-state index contributed by atoms with van der Waals surface area (Å²) in [7, 11) is 1.68. The molecule has 1 heterocycles. The average molecular weight is 337 g/mol. The molecule has 25 heavy (non-hydrogen) atoms. The average Bonchev–Trinajstić information content (AvgIpc) is 3.38. The van der Waals surface area contributed by atoms with E-state index in [9.17, 15) is 4.79 Å². The molecule has 0 bridgehead atoms. The molecule has 0 aromatic heterocycles. The third-order valence-corrected chi connectivity index (χ3v) is 5.54. The molecule has 1 amide bonds. The molecule has 1 saturated carbocycles. The number of para-hydroxylation sites is 1. The van der Waals surface area contributed by atoms with Gasteiger partial charge in [-0.15, -0.1) is 0 Å². The smallest absolute Gasteiger partial charge is 0.224 e. The minimum atomic E-state index is -0.123. The zero-order chi connectivity index (χ0) is 17.3. The Labute approximate surface area is 148 Å². The van der Waals surface area contributed by atoms with Crippen LogP contribution >= 0.6 is 0 Å². The molecule has 1 spiro atoms. The van der Waals surface area contributed by atoms with Crippen LogP contribution in [0.3, 0.4) is 0 Å². The molecule has 1 aliphatic carbocycles. The van der Waals surface area contributed by atoms with E-state index in [0.29, 0.717) is 13.2 Å². The summed E-state index contributed by atoms with van der Waals surface area (Å²) in [6.45, 7) is 1.18. The van der Waals surface area contributed by atoms with Gasteiger partial charge in [0.05, 0.1) is 12.7 Å². The van der Waals surface area contributed by atoms with Crippen molar-refractivity contribution in [2.24, 2.45) is 5.92 Å². The van der Waals surface area contributed by atoms with Gasteiger partial charge >= 0.3 is 0 Å². The van der Waals surface area contributed by atoms with Crippen LogP contribution < -0.4 is 10.1 Å². The van der Waals surface area contributed by atoms with E-state index in [1.807, 2.05) is 48.5 Å². The van der Waals surface area contributed by atoms with E-state index < -0.39 is 0 Å². The van der Waals surface area contributed by atoms with Gasteiger partial charge in [0.15, 0.2) is 0 Å². The lowest BCUT2D eigenvalue weighted by atomic mass is 9.87. The highest BCUT2D eigenvalue weighted by molar-refractivity contribution is 5.85. The maximum absolute atomic E-state index is 12.7. The van der Waals surface area contributed by atoms with Crippen LogP contribution in [-0.4, -0.2) is 26.2 Å². The molecule has 4 heteroatoms. The summed E-state index contributed by atoms with van der Waals surface area (Å²) < 4.78 is 11.3. The van der Waals surface area contributed by atoms with E-state index in [4.69, 9.17) is 9.47 Å². The largest absolute Gasteiger partial charge is 0.493 e. The number of hydrogen-bond acceptors (Lipinski definition) is 3. The van der Waals surface area contributed by atoms with Crippen LogP contribution in [0.5, 0.6) is 5.75 Å². The van der Waals surface area contributed by atoms with Gasteiger partial charge in [0, 0.05) is 30.6 Å². The van der Waals surface area contributed by atoms with Crippen molar-refractivity contribution in [3.63, 3.8) is 0 Å². The summed E-state index contributed by atoms with van der Waals surface area (Å²) in [5.41, 5.74) is 2.23. The predicted molar refractivity (Wildman–Crippen MR) is 95.5 cm³/mol. The van der Waals surface area contributed by atoms with Gasteiger partial charge in [0.2, 0.25) is 5.91 Å². The number of fused-ring (bicyclic) bond motifs is 2. The highest BCUT2D eigenvalue weighted by atomic mass is 16.5. The van der Waals surface area contributed by atoms with Crippen molar-refractivity contribution in [2.45, 2.75) is 24.4 Å². The zero-order valence-electron chi connectivity index (χ0n) is 14.4. The second kappa shape index (κ2) is 6.52. The standard InChI is InChI=1S/C21H23NO3/c1-24-19(15-7-3-2-4-8-15)14-22-20(23)17-13-21(17)11-12-25-18-10-6-5-9-16(18)21/h2-10,17,19H,11-14H2,1H3,(H,22,23)/t17-,19+,21-/m0/s1. The number of methoxy groups -OCH3 is 1. The van der Waals surface area contributed by atoms with Crippen molar-refractivity contribution in [2.75, 3.05) is 20.3 Å². The number of benzene rings is 2. The molecule has 2 aromatic rings. The minimum Gasteiger partial charge on any atom is -0.493 e. The first kappa shape index (κ1) is 16.2. The van der Waals surface area contributed by atoms with Crippen molar-refractivity contribution < 1.29 is 14.3 Å². The Bertz CT molecular complexity index is 761. The lowest BCUT2D eigenvalue weighted by Gasteiger charge is -2.26. The first-order valence-corrected chi connectivity index (χ1v) is 8.82. The maximum atomic E-state index is 12.7. The van der Waals surface area contributed by atoms with E-state index in [0.717, 1.165) is 24.2 Å². The quantitative estimate of drug-likeness (QED) is 0.911. The van der Waals surface area contributed by atoms with Gasteiger partial charge in [-0.05, 0) is 24.5 Å². The molecule has 0 unspecified atom stereocenters. The van der Waals surface area contributed by atoms with Gasteiger partial charge in [-0.1, -0.05) is 48.5 Å². The number of carbonyl (C=O) groups excluding carboxylic acids is 1. The Morgan fingerprint density at radius 3 is 2.80 bits per heavy atom. The summed E-state index contributed by atoms with van der Waals surface area (Å²) in [5.74, 6) is 1.09. The second-order valence-corrected chi connectivity index (χ2v) is 6.89. The van der Waals surface area contributed by atoms with E-state index >= 15 is 0 Å². The van der Waals surface area contributed by atoms with Gasteiger partial charge in [0.1, 0.15) is 5.75 Å². The SMILES string of the molecule is CO[C@H](CNC(=O)[C@@H]1C[C@]12CCOc1ccccc12)c1ccccc1. The Kier molecular flexibility index (Phi) is 4.22. The van der Waals surface area contributed by atoms with Crippen LogP contribution in [0.25, 0.3) is 0 Å². The highest BCUT2D eigenvalue weighted by Crippen LogP contribution is 2.60. The second-order valence-electron chi connectivity index (χ2n) is 6.89. The molecule has 3 atom stereocenters. The normalized spacial score (nSPS) is 24.9. The summed E-state index contributed by atoms with van der Waals surface area (Å²) in [6, 6.07) is 18.1. The van der Waals surface area contributed by atoms with Crippen LogP contribution in [0.4, 0.5) is 0 Å². The van der Waals surface area contributed by atoms with Crippen molar-refractivity contribution in [3.05, 3.63) is 65.7 Å². The van der Waals surface area contributed by atoms with Crippen LogP contribution in [0.1, 0.15) is 30.1 Å². The molecule has 4 nitrogen and oxygen atoms in total. The summed E-state index contributed by atoms with van der Waals surface area (Å²) in [5, 5.41) is 3.09. The lowest BCUT2D eigenvalue weighted by molar-refractivity contribution is -0.123. The third-order valence-electron chi connectivity index (χ3n) is 5.54. The predicted octanol–water partition coefficient (Wildman–Crippen LogP) is 3.23. The fourth-order valence-corrected chi connectivity index (χ4v) is 4.03. The number of hydrogen-bond donors (Lipinski definition) is 1. The lowest BCUT2D eigenvalue weighted by Crippen LogP contribution is -2.33. The third kappa shape index (κ3) is 2.91. The Balaban J connectivity index is 1.42. The summed E-state index contributed by atoms with van der Waals surface area (Å²) >= 11 is 0. The number of rotatable bonds is 5. The van der Waals surface area contributed by atoms with Crippen molar-refractivity contribution in [3.8, 4) is 5.75 Å². The Hall–Kier alpha value is -2.33. The molecular formula is C21H23NO3. The van der Waals surface area contributed by atoms with Gasteiger partial charge < -0.3 is 14.8 Å². The first-order valence-electron chi connectivity index (χ1n) is 8.82. The number of ether oxygens (including phenoxy) is 2. The van der Waals surface area contributed by atoms with Crippen LogP contribution in [0.15, 0.2) is 54.6 Å². The molecule has 1 fully saturated rings. The van der Waals surface area contributed by atoms with Crippen molar-refractivity contribution in [1.29, 1.82) is 0 Å². The molecular weight excluding hydrogens is 314 g/mol. The Morgan fingerprint density at radius 2 is 2.00 bits per heavy atom. The zero-order valence-corrected chi connectivity index (χ0v) is 14.4. The van der Waals surface area contributed by atoms with Crippen LogP contribution in [0.2, 0.25) is 0 Å².